The fourth-order valence-corrected chi connectivity index (χ4v) is 5.70. The number of alkyl halides is 3. The van der Waals surface area contributed by atoms with E-state index in [2.05, 4.69) is 4.18 Å². The topological polar surface area (TPSA) is 46.6 Å². The Balaban J connectivity index is 1.72. The van der Waals surface area contributed by atoms with Gasteiger partial charge in [-0.15, -0.1) is 0 Å². The summed E-state index contributed by atoms with van der Waals surface area (Å²) in [6.07, 6.45) is 0. The summed E-state index contributed by atoms with van der Waals surface area (Å²) in [5, 5.41) is 0. The molecule has 0 saturated carbocycles. The zero-order chi connectivity index (χ0) is 28.0. The number of hydrogen-bond acceptors (Lipinski definition) is 4. The van der Waals surface area contributed by atoms with Gasteiger partial charge >= 0.3 is 15.6 Å². The smallest absolute Gasteiger partial charge is 0.376 e. The number of rotatable bonds is 5. The number of quaternary nitrogens is 1. The summed E-state index contributed by atoms with van der Waals surface area (Å²) in [5.41, 5.74) is -0.242. The lowest BCUT2D eigenvalue weighted by Gasteiger charge is -2.45. The Bertz CT molecular complexity index is 1740. The molecule has 0 fully saturated rings. The van der Waals surface area contributed by atoms with Crippen molar-refractivity contribution < 1.29 is 25.8 Å². The second-order valence-corrected chi connectivity index (χ2v) is 10.7. The van der Waals surface area contributed by atoms with Gasteiger partial charge in [0.25, 0.3) is 0 Å². The molecule has 0 unspecified atom stereocenters. The fourth-order valence-electron chi connectivity index (χ4n) is 5.25. The van der Waals surface area contributed by atoms with Crippen LogP contribution in [-0.2, 0) is 10.1 Å². The lowest BCUT2D eigenvalue weighted by atomic mass is 9.98. The van der Waals surface area contributed by atoms with E-state index in [4.69, 9.17) is 0 Å². The third-order valence-electron chi connectivity index (χ3n) is 6.82. The first-order chi connectivity index (χ1) is 19.2. The molecule has 5 nitrogen and oxygen atoms in total. The van der Waals surface area contributed by atoms with Crippen molar-refractivity contribution in [1.29, 1.82) is 0 Å². The van der Waals surface area contributed by atoms with Crippen molar-refractivity contribution >= 4 is 49.9 Å². The summed E-state index contributed by atoms with van der Waals surface area (Å²) in [6, 6.07) is 40.9. The summed E-state index contributed by atoms with van der Waals surface area (Å²) < 4.78 is 68.3. The SMILES string of the molecule is O=S(=O)(Oc1ccc2c(c1)N(c1ccccc1)c1ccccc1[N+]2(c1ccccc1)c1ccccc1)C(F)(F)F. The second-order valence-electron chi connectivity index (χ2n) is 9.14. The lowest BCUT2D eigenvalue weighted by molar-refractivity contribution is -0.0500. The van der Waals surface area contributed by atoms with E-state index in [1.807, 2.05) is 120 Å². The summed E-state index contributed by atoms with van der Waals surface area (Å²) in [6.45, 7) is 0. The van der Waals surface area contributed by atoms with E-state index in [0.717, 1.165) is 28.4 Å². The van der Waals surface area contributed by atoms with Crippen LogP contribution in [0.25, 0.3) is 0 Å². The van der Waals surface area contributed by atoms with E-state index in [-0.39, 0.29) is 4.48 Å². The van der Waals surface area contributed by atoms with E-state index in [1.54, 1.807) is 6.07 Å². The van der Waals surface area contributed by atoms with Crippen molar-refractivity contribution in [2.24, 2.45) is 0 Å². The molecule has 0 atom stereocenters. The molecular formula is C31H22F3N2O3S+. The van der Waals surface area contributed by atoms with Crippen LogP contribution in [0, 0.1) is 0 Å². The fraction of sp³-hybridized carbons (Fsp3) is 0.0323. The van der Waals surface area contributed by atoms with E-state index in [0.29, 0.717) is 11.4 Å². The molecule has 0 spiro atoms. The summed E-state index contributed by atoms with van der Waals surface area (Å²) in [5.74, 6) is -0.449. The molecule has 0 N–H and O–H groups in total. The van der Waals surface area contributed by atoms with Gasteiger partial charge < -0.3 is 4.18 Å². The Hall–Kier alpha value is -4.60. The first-order valence-electron chi connectivity index (χ1n) is 12.3. The maximum atomic E-state index is 13.2. The molecule has 200 valence electrons. The minimum absolute atomic E-state index is 0.100. The Kier molecular flexibility index (Phi) is 6.13. The quantitative estimate of drug-likeness (QED) is 0.120. The first kappa shape index (κ1) is 25.7. The van der Waals surface area contributed by atoms with Crippen molar-refractivity contribution in [3.63, 3.8) is 0 Å². The van der Waals surface area contributed by atoms with E-state index >= 15 is 0 Å². The number of fused-ring (bicyclic) bond motifs is 2. The zero-order valence-corrected chi connectivity index (χ0v) is 21.7. The van der Waals surface area contributed by atoms with Crippen LogP contribution < -0.4 is 13.6 Å². The van der Waals surface area contributed by atoms with Crippen molar-refractivity contribution in [2.45, 2.75) is 5.51 Å². The number of para-hydroxylation sites is 5. The maximum Gasteiger partial charge on any atom is 0.534 e. The molecule has 1 aliphatic rings. The third kappa shape index (κ3) is 4.02. The van der Waals surface area contributed by atoms with Crippen LogP contribution in [0.3, 0.4) is 0 Å². The first-order valence-corrected chi connectivity index (χ1v) is 13.7. The Morgan fingerprint density at radius 1 is 0.600 bits per heavy atom. The molecule has 40 heavy (non-hydrogen) atoms. The predicted octanol–water partition coefficient (Wildman–Crippen LogP) is 9.00. The Morgan fingerprint density at radius 3 is 1.68 bits per heavy atom. The minimum Gasteiger partial charge on any atom is -0.376 e. The molecule has 0 aliphatic carbocycles. The molecule has 5 aromatic carbocycles. The van der Waals surface area contributed by atoms with Gasteiger partial charge in [-0.25, -0.2) is 0 Å². The third-order valence-corrected chi connectivity index (χ3v) is 7.80. The van der Waals surface area contributed by atoms with Gasteiger partial charge in [-0.2, -0.15) is 26.1 Å². The molecule has 0 bridgehead atoms. The molecule has 1 heterocycles. The highest BCUT2D eigenvalue weighted by atomic mass is 32.2. The highest BCUT2D eigenvalue weighted by molar-refractivity contribution is 7.88. The average Bonchev–Trinajstić information content (AvgIpc) is 2.96. The van der Waals surface area contributed by atoms with Gasteiger partial charge in [0.05, 0.1) is 0 Å². The van der Waals surface area contributed by atoms with Crippen molar-refractivity contribution in [1.82, 2.24) is 4.48 Å². The molecule has 1 aliphatic heterocycles. The van der Waals surface area contributed by atoms with Crippen molar-refractivity contribution in [3.8, 4) is 5.75 Å². The maximum absolute atomic E-state index is 13.2. The van der Waals surface area contributed by atoms with E-state index in [1.165, 1.54) is 12.1 Å². The molecule has 5 aromatic rings. The Labute approximate surface area is 229 Å². The van der Waals surface area contributed by atoms with Gasteiger partial charge in [0, 0.05) is 48.2 Å². The van der Waals surface area contributed by atoms with Crippen LogP contribution in [0.1, 0.15) is 0 Å². The van der Waals surface area contributed by atoms with Crippen LogP contribution in [-0.4, -0.2) is 13.9 Å². The van der Waals surface area contributed by atoms with E-state index < -0.39 is 21.4 Å². The van der Waals surface area contributed by atoms with Crippen LogP contribution in [0.4, 0.5) is 53.0 Å². The average molecular weight is 560 g/mol. The predicted molar refractivity (Wildman–Crippen MR) is 150 cm³/mol. The van der Waals surface area contributed by atoms with Crippen LogP contribution in [0.5, 0.6) is 5.75 Å². The molecule has 0 radical (unpaired) electrons. The van der Waals surface area contributed by atoms with Gasteiger partial charge in [-0.05, 0) is 24.3 Å². The zero-order valence-electron chi connectivity index (χ0n) is 20.9. The second kappa shape index (κ2) is 9.55. The monoisotopic (exact) mass is 559 g/mol. The summed E-state index contributed by atoms with van der Waals surface area (Å²) >= 11 is 0. The number of nitrogens with zero attached hydrogens (tertiary/aromatic N) is 2. The largest absolute Gasteiger partial charge is 0.534 e. The number of hydrogen-bond donors (Lipinski definition) is 0. The highest BCUT2D eigenvalue weighted by Crippen LogP contribution is 2.63. The van der Waals surface area contributed by atoms with Crippen LogP contribution in [0.15, 0.2) is 133 Å². The molecule has 6 rings (SSSR count). The van der Waals surface area contributed by atoms with Crippen LogP contribution in [0.2, 0.25) is 0 Å². The molecule has 0 aromatic heterocycles. The molecule has 9 heteroatoms. The van der Waals surface area contributed by atoms with E-state index in [9.17, 15) is 21.6 Å². The number of benzene rings is 5. The van der Waals surface area contributed by atoms with Gasteiger partial charge in [0.1, 0.15) is 28.5 Å². The minimum atomic E-state index is -5.88. The summed E-state index contributed by atoms with van der Waals surface area (Å²) in [7, 11) is -5.88. The molecular weight excluding hydrogens is 537 g/mol. The van der Waals surface area contributed by atoms with Gasteiger partial charge in [-0.3, -0.25) is 4.90 Å². The number of halogens is 3. The number of anilines is 3. The van der Waals surface area contributed by atoms with Crippen molar-refractivity contribution in [3.05, 3.63) is 133 Å². The van der Waals surface area contributed by atoms with Gasteiger partial charge in [-0.1, -0.05) is 66.7 Å². The summed E-state index contributed by atoms with van der Waals surface area (Å²) in [4.78, 5) is 1.90. The lowest BCUT2D eigenvalue weighted by Crippen LogP contribution is -2.38. The van der Waals surface area contributed by atoms with Crippen molar-refractivity contribution in [2.75, 3.05) is 4.90 Å². The Morgan fingerprint density at radius 2 is 1.10 bits per heavy atom. The van der Waals surface area contributed by atoms with Gasteiger partial charge in [0.15, 0.2) is 11.4 Å². The van der Waals surface area contributed by atoms with Crippen LogP contribution >= 0.6 is 0 Å². The van der Waals surface area contributed by atoms with Gasteiger partial charge in [0.2, 0.25) is 0 Å². The molecule has 0 amide bonds. The highest BCUT2D eigenvalue weighted by Gasteiger charge is 2.50. The standard InChI is InChI=1S/C31H22F3N2O3S/c32-31(33,34)40(37,38)39-26-20-21-30-28(22-26)35(23-12-4-1-5-13-23)27-18-10-11-19-29(27)36(30,24-14-6-2-7-15-24)25-16-8-3-9-17-25/h1-22H/q+1. The molecule has 0 saturated heterocycles. The normalized spacial score (nSPS) is 14.2.